The first-order chi connectivity index (χ1) is 10.6. The maximum Gasteiger partial charge on any atom is 0.287 e. The highest BCUT2D eigenvalue weighted by Gasteiger charge is 2.22. The largest absolute Gasteiger partial charge is 0.451 e. The van der Waals surface area contributed by atoms with E-state index in [0.717, 1.165) is 31.2 Å². The number of furan rings is 1. The number of hydrogen-bond donors (Lipinski definition) is 2. The second-order valence-corrected chi connectivity index (χ2v) is 6.14. The van der Waals surface area contributed by atoms with Gasteiger partial charge in [-0.05, 0) is 49.9 Å². The van der Waals surface area contributed by atoms with Crippen molar-refractivity contribution in [2.75, 3.05) is 0 Å². The first-order valence-corrected chi connectivity index (χ1v) is 7.92. The molecule has 0 aliphatic heterocycles. The summed E-state index contributed by atoms with van der Waals surface area (Å²) < 4.78 is 5.65. The molecular weight excluding hydrogens is 335 g/mol. The Morgan fingerprint density at radius 3 is 2.52 bits per heavy atom. The summed E-state index contributed by atoms with van der Waals surface area (Å²) in [6.45, 7) is 0. The molecular formula is C17H20Cl2N2O2. The lowest BCUT2D eigenvalue weighted by molar-refractivity contribution is 0.0898. The predicted molar refractivity (Wildman–Crippen MR) is 94.1 cm³/mol. The van der Waals surface area contributed by atoms with E-state index >= 15 is 0 Å². The second kappa shape index (κ2) is 7.86. The minimum atomic E-state index is -0.182. The zero-order valence-corrected chi connectivity index (χ0v) is 14.2. The molecule has 23 heavy (non-hydrogen) atoms. The van der Waals surface area contributed by atoms with Gasteiger partial charge in [-0.2, -0.15) is 0 Å². The minimum Gasteiger partial charge on any atom is -0.451 e. The van der Waals surface area contributed by atoms with Gasteiger partial charge in [-0.1, -0.05) is 23.7 Å². The summed E-state index contributed by atoms with van der Waals surface area (Å²) in [7, 11) is 0. The predicted octanol–water partition coefficient (Wildman–Crippen LogP) is 4.02. The van der Waals surface area contributed by atoms with E-state index in [4.69, 9.17) is 21.8 Å². The van der Waals surface area contributed by atoms with Gasteiger partial charge in [-0.3, -0.25) is 4.79 Å². The molecule has 0 saturated heterocycles. The van der Waals surface area contributed by atoms with E-state index in [1.807, 2.05) is 18.2 Å². The molecule has 124 valence electrons. The fourth-order valence-corrected chi connectivity index (χ4v) is 3.01. The van der Waals surface area contributed by atoms with E-state index in [9.17, 15) is 4.79 Å². The normalized spacial score (nSPS) is 20.6. The molecule has 1 aromatic carbocycles. The number of carbonyl (C=O) groups is 1. The van der Waals surface area contributed by atoms with E-state index in [1.165, 1.54) is 0 Å². The molecule has 1 aliphatic rings. The summed E-state index contributed by atoms with van der Waals surface area (Å²) in [6.07, 6.45) is 3.75. The number of nitrogens with one attached hydrogen (secondary N) is 1. The summed E-state index contributed by atoms with van der Waals surface area (Å²) in [4.78, 5) is 12.3. The van der Waals surface area contributed by atoms with Gasteiger partial charge in [0.15, 0.2) is 5.76 Å². The number of carbonyl (C=O) groups excluding carboxylic acids is 1. The van der Waals surface area contributed by atoms with Crippen molar-refractivity contribution >= 4 is 29.9 Å². The lowest BCUT2D eigenvalue weighted by atomic mass is 9.92. The van der Waals surface area contributed by atoms with Crippen LogP contribution in [0, 0.1) is 0 Å². The number of amides is 1. The third-order valence-corrected chi connectivity index (χ3v) is 4.41. The van der Waals surface area contributed by atoms with Gasteiger partial charge in [0.1, 0.15) is 5.76 Å². The van der Waals surface area contributed by atoms with Gasteiger partial charge in [0.2, 0.25) is 0 Å². The molecule has 1 saturated carbocycles. The molecule has 0 atom stereocenters. The van der Waals surface area contributed by atoms with Crippen molar-refractivity contribution < 1.29 is 9.21 Å². The molecule has 0 spiro atoms. The number of halogens is 2. The van der Waals surface area contributed by atoms with Crippen LogP contribution in [0.25, 0.3) is 11.3 Å². The van der Waals surface area contributed by atoms with Crippen LogP contribution in [0.4, 0.5) is 0 Å². The number of hydrogen-bond acceptors (Lipinski definition) is 3. The minimum absolute atomic E-state index is 0. The van der Waals surface area contributed by atoms with Crippen LogP contribution in [0.5, 0.6) is 0 Å². The molecule has 1 aliphatic carbocycles. The Labute approximate surface area is 146 Å². The smallest absolute Gasteiger partial charge is 0.287 e. The Kier molecular flexibility index (Phi) is 6.10. The van der Waals surface area contributed by atoms with Crippen molar-refractivity contribution in [3.63, 3.8) is 0 Å². The van der Waals surface area contributed by atoms with E-state index in [-0.39, 0.29) is 30.4 Å². The van der Waals surface area contributed by atoms with Crippen LogP contribution in [0.1, 0.15) is 36.2 Å². The summed E-state index contributed by atoms with van der Waals surface area (Å²) >= 11 is 6.14. The van der Waals surface area contributed by atoms with Gasteiger partial charge < -0.3 is 15.5 Å². The molecule has 0 radical (unpaired) electrons. The number of benzene rings is 1. The summed E-state index contributed by atoms with van der Waals surface area (Å²) in [5, 5.41) is 3.62. The lowest BCUT2D eigenvalue weighted by Crippen LogP contribution is -2.40. The molecule has 0 bridgehead atoms. The van der Waals surface area contributed by atoms with Gasteiger partial charge in [-0.25, -0.2) is 0 Å². The molecule has 2 aromatic rings. The number of rotatable bonds is 3. The molecule has 6 heteroatoms. The molecule has 3 N–H and O–H groups in total. The van der Waals surface area contributed by atoms with E-state index < -0.39 is 0 Å². The van der Waals surface area contributed by atoms with Crippen molar-refractivity contribution in [2.24, 2.45) is 5.73 Å². The highest BCUT2D eigenvalue weighted by atomic mass is 35.5. The average molecular weight is 355 g/mol. The Hall–Kier alpha value is -1.49. The standard InChI is InChI=1S/C17H19ClN2O2.ClH/c18-14-4-2-1-3-13(14)15-9-10-16(22-15)17(21)20-12-7-5-11(19)6-8-12;/h1-4,9-12H,5-8,19H2,(H,20,21);1H. The monoisotopic (exact) mass is 354 g/mol. The van der Waals surface area contributed by atoms with Gasteiger partial charge >= 0.3 is 0 Å². The van der Waals surface area contributed by atoms with Gasteiger partial charge in [-0.15, -0.1) is 12.4 Å². The van der Waals surface area contributed by atoms with E-state index in [0.29, 0.717) is 16.5 Å². The highest BCUT2D eigenvalue weighted by molar-refractivity contribution is 6.33. The van der Waals surface area contributed by atoms with Crippen LogP contribution in [-0.2, 0) is 0 Å². The van der Waals surface area contributed by atoms with Crippen LogP contribution in [-0.4, -0.2) is 18.0 Å². The van der Waals surface area contributed by atoms with Crippen LogP contribution < -0.4 is 11.1 Å². The molecule has 0 unspecified atom stereocenters. The van der Waals surface area contributed by atoms with Gasteiger partial charge in [0.25, 0.3) is 5.91 Å². The van der Waals surface area contributed by atoms with Crippen LogP contribution >= 0.6 is 24.0 Å². The van der Waals surface area contributed by atoms with Crippen LogP contribution in [0.3, 0.4) is 0 Å². The quantitative estimate of drug-likeness (QED) is 0.874. The number of nitrogens with two attached hydrogens (primary N) is 1. The van der Waals surface area contributed by atoms with E-state index in [2.05, 4.69) is 5.32 Å². The first kappa shape index (κ1) is 17.9. The Morgan fingerprint density at radius 2 is 1.83 bits per heavy atom. The fraction of sp³-hybridized carbons (Fsp3) is 0.353. The van der Waals surface area contributed by atoms with Crippen molar-refractivity contribution in [3.05, 3.63) is 47.2 Å². The van der Waals surface area contributed by atoms with Crippen molar-refractivity contribution in [1.82, 2.24) is 5.32 Å². The van der Waals surface area contributed by atoms with E-state index in [1.54, 1.807) is 18.2 Å². The van der Waals surface area contributed by atoms with Crippen molar-refractivity contribution in [2.45, 2.75) is 37.8 Å². The maximum absolute atomic E-state index is 12.3. The first-order valence-electron chi connectivity index (χ1n) is 7.54. The maximum atomic E-state index is 12.3. The second-order valence-electron chi connectivity index (χ2n) is 5.73. The SMILES string of the molecule is Cl.NC1CCC(NC(=O)c2ccc(-c3ccccc3Cl)o2)CC1. The molecule has 3 rings (SSSR count). The van der Waals surface area contributed by atoms with Crippen molar-refractivity contribution in [3.8, 4) is 11.3 Å². The van der Waals surface area contributed by atoms with Crippen molar-refractivity contribution in [1.29, 1.82) is 0 Å². The van der Waals surface area contributed by atoms with Crippen LogP contribution in [0.15, 0.2) is 40.8 Å². The zero-order chi connectivity index (χ0) is 15.5. The molecule has 4 nitrogen and oxygen atoms in total. The van der Waals surface area contributed by atoms with Gasteiger partial charge in [0.05, 0.1) is 5.02 Å². The lowest BCUT2D eigenvalue weighted by Gasteiger charge is -2.26. The highest BCUT2D eigenvalue weighted by Crippen LogP contribution is 2.29. The Balaban J connectivity index is 0.00000192. The third-order valence-electron chi connectivity index (χ3n) is 4.08. The third kappa shape index (κ3) is 4.28. The van der Waals surface area contributed by atoms with Gasteiger partial charge in [0, 0.05) is 17.6 Å². The average Bonchev–Trinajstić information content (AvgIpc) is 3.00. The molecule has 1 fully saturated rings. The topological polar surface area (TPSA) is 68.3 Å². The Bertz CT molecular complexity index is 664. The molecule has 1 aromatic heterocycles. The Morgan fingerprint density at radius 1 is 1.13 bits per heavy atom. The fourth-order valence-electron chi connectivity index (χ4n) is 2.79. The molecule has 1 amide bonds. The summed E-state index contributed by atoms with van der Waals surface area (Å²) in [5.74, 6) is 0.727. The van der Waals surface area contributed by atoms with Crippen LogP contribution in [0.2, 0.25) is 5.02 Å². The molecule has 1 heterocycles. The summed E-state index contributed by atoms with van der Waals surface area (Å²) in [5.41, 5.74) is 6.66. The zero-order valence-electron chi connectivity index (χ0n) is 12.6. The summed E-state index contributed by atoms with van der Waals surface area (Å²) in [6, 6.07) is 11.3.